The number of benzene rings is 1. The number of hydrogen-bond acceptors (Lipinski definition) is 3. The van der Waals surface area contributed by atoms with Crippen molar-refractivity contribution in [3.63, 3.8) is 0 Å². The molecule has 2 N–H and O–H groups in total. The van der Waals surface area contributed by atoms with E-state index in [1.807, 2.05) is 0 Å². The molecule has 0 saturated carbocycles. The second-order valence-electron chi connectivity index (χ2n) is 3.41. The van der Waals surface area contributed by atoms with Gasteiger partial charge < -0.3 is 5.32 Å². The number of halogens is 2. The third-order valence-corrected chi connectivity index (χ3v) is 2.91. The van der Waals surface area contributed by atoms with Crippen LogP contribution >= 0.6 is 15.9 Å². The Balaban J connectivity index is 2.21. The van der Waals surface area contributed by atoms with Crippen molar-refractivity contribution in [3.8, 4) is 0 Å². The first-order valence-electron chi connectivity index (χ1n) is 4.62. The van der Waals surface area contributed by atoms with Gasteiger partial charge in [-0.1, -0.05) is 6.07 Å². The number of rotatable bonds is 2. The Morgan fingerprint density at radius 1 is 1.44 bits per heavy atom. The fourth-order valence-electron chi connectivity index (χ4n) is 1.48. The van der Waals surface area contributed by atoms with E-state index in [0.717, 1.165) is 0 Å². The van der Waals surface area contributed by atoms with Gasteiger partial charge in [0.1, 0.15) is 11.9 Å². The molecule has 1 atom stereocenters. The van der Waals surface area contributed by atoms with E-state index in [-0.39, 0.29) is 18.0 Å². The number of carbonyl (C=O) groups excluding carboxylic acids is 2. The van der Waals surface area contributed by atoms with Gasteiger partial charge in [-0.15, -0.1) is 0 Å². The monoisotopic (exact) mass is 286 g/mol. The summed E-state index contributed by atoms with van der Waals surface area (Å²) in [5.74, 6) is -1.25. The van der Waals surface area contributed by atoms with Crippen molar-refractivity contribution in [2.75, 3.05) is 5.32 Å². The summed E-state index contributed by atoms with van der Waals surface area (Å²) in [6.07, 6.45) is 0.0274. The van der Waals surface area contributed by atoms with Crippen LogP contribution in [0.4, 0.5) is 10.1 Å². The van der Waals surface area contributed by atoms with Crippen LogP contribution in [0, 0.1) is 5.82 Å². The molecule has 16 heavy (non-hydrogen) atoms. The molecule has 84 valence electrons. The highest BCUT2D eigenvalue weighted by atomic mass is 79.9. The molecule has 1 unspecified atom stereocenters. The van der Waals surface area contributed by atoms with Crippen LogP contribution < -0.4 is 10.6 Å². The topological polar surface area (TPSA) is 58.2 Å². The molecular weight excluding hydrogens is 279 g/mol. The number of anilines is 1. The molecule has 0 aliphatic carbocycles. The molecule has 6 heteroatoms. The predicted octanol–water partition coefficient (Wildman–Crippen LogP) is 1.42. The highest BCUT2D eigenvalue weighted by Crippen LogP contribution is 2.26. The van der Waals surface area contributed by atoms with Crippen molar-refractivity contribution in [2.45, 2.75) is 12.5 Å². The zero-order chi connectivity index (χ0) is 11.7. The Kier molecular flexibility index (Phi) is 2.91. The number of imide groups is 1. The summed E-state index contributed by atoms with van der Waals surface area (Å²) in [6.45, 7) is 0. The Morgan fingerprint density at radius 2 is 2.19 bits per heavy atom. The summed E-state index contributed by atoms with van der Waals surface area (Å²) in [5, 5.41) is 4.85. The average molecular weight is 287 g/mol. The minimum atomic E-state index is -0.708. The Bertz CT molecular complexity index is 444. The molecule has 1 aliphatic heterocycles. The average Bonchev–Trinajstić information content (AvgIpc) is 2.51. The van der Waals surface area contributed by atoms with Gasteiger partial charge in [-0.05, 0) is 28.1 Å². The number of amides is 2. The lowest BCUT2D eigenvalue weighted by molar-refractivity contribution is -0.124. The summed E-state index contributed by atoms with van der Waals surface area (Å²) >= 11 is 3.17. The van der Waals surface area contributed by atoms with E-state index in [1.165, 1.54) is 6.07 Å². The van der Waals surface area contributed by atoms with E-state index in [2.05, 4.69) is 26.6 Å². The molecule has 1 aliphatic rings. The molecular formula is C10H8BrFN2O2. The summed E-state index contributed by atoms with van der Waals surface area (Å²) in [7, 11) is 0. The van der Waals surface area contributed by atoms with Crippen LogP contribution in [0.2, 0.25) is 0 Å². The molecule has 1 aromatic rings. The lowest BCUT2D eigenvalue weighted by Crippen LogP contribution is -2.30. The van der Waals surface area contributed by atoms with Gasteiger partial charge in [-0.2, -0.15) is 0 Å². The fourth-order valence-corrected chi connectivity index (χ4v) is 1.94. The zero-order valence-electron chi connectivity index (χ0n) is 8.09. The van der Waals surface area contributed by atoms with Gasteiger partial charge in [-0.25, -0.2) is 4.39 Å². The molecule has 2 rings (SSSR count). The number of hydrogen-bond donors (Lipinski definition) is 2. The van der Waals surface area contributed by atoms with Crippen molar-refractivity contribution in [1.29, 1.82) is 0 Å². The van der Waals surface area contributed by atoms with Gasteiger partial charge in [-0.3, -0.25) is 14.9 Å². The van der Waals surface area contributed by atoms with E-state index < -0.39 is 17.8 Å². The SMILES string of the molecule is O=C1CC(Nc2c(F)cccc2Br)C(=O)N1. The second-order valence-corrected chi connectivity index (χ2v) is 4.26. The van der Waals surface area contributed by atoms with Gasteiger partial charge in [0.2, 0.25) is 11.8 Å². The quantitative estimate of drug-likeness (QED) is 0.809. The smallest absolute Gasteiger partial charge is 0.249 e. The summed E-state index contributed by atoms with van der Waals surface area (Å²) in [5.41, 5.74) is 0.192. The first kappa shape index (κ1) is 11.1. The summed E-state index contributed by atoms with van der Waals surface area (Å²) < 4.78 is 13.9. The molecule has 4 nitrogen and oxygen atoms in total. The Morgan fingerprint density at radius 3 is 2.75 bits per heavy atom. The van der Waals surface area contributed by atoms with Gasteiger partial charge in [0.05, 0.1) is 12.1 Å². The molecule has 2 amide bonds. The standard InChI is InChI=1S/C10H8BrFN2O2/c11-5-2-1-3-6(12)9(5)13-7-4-8(15)14-10(7)16/h1-3,7,13H,4H2,(H,14,15,16). The molecule has 1 heterocycles. The maximum atomic E-state index is 13.4. The fraction of sp³-hybridized carbons (Fsp3) is 0.200. The van der Waals surface area contributed by atoms with Gasteiger partial charge in [0.15, 0.2) is 0 Å². The number of para-hydroxylation sites is 1. The van der Waals surface area contributed by atoms with E-state index >= 15 is 0 Å². The van der Waals surface area contributed by atoms with Crippen LogP contribution in [-0.4, -0.2) is 17.9 Å². The third kappa shape index (κ3) is 2.06. The van der Waals surface area contributed by atoms with Crippen molar-refractivity contribution in [1.82, 2.24) is 5.32 Å². The van der Waals surface area contributed by atoms with Crippen molar-refractivity contribution in [2.24, 2.45) is 0 Å². The van der Waals surface area contributed by atoms with Crippen molar-refractivity contribution < 1.29 is 14.0 Å². The van der Waals surface area contributed by atoms with Crippen LogP contribution in [0.15, 0.2) is 22.7 Å². The summed E-state index contributed by atoms with van der Waals surface area (Å²) in [6, 6.07) is 3.77. The van der Waals surface area contributed by atoms with E-state index in [4.69, 9.17) is 0 Å². The van der Waals surface area contributed by atoms with E-state index in [1.54, 1.807) is 12.1 Å². The maximum Gasteiger partial charge on any atom is 0.249 e. The first-order chi connectivity index (χ1) is 7.58. The molecule has 0 aromatic heterocycles. The van der Waals surface area contributed by atoms with Crippen molar-refractivity contribution in [3.05, 3.63) is 28.5 Å². The third-order valence-electron chi connectivity index (χ3n) is 2.25. The minimum Gasteiger partial charge on any atom is -0.370 e. The summed E-state index contributed by atoms with van der Waals surface area (Å²) in [4.78, 5) is 22.2. The van der Waals surface area contributed by atoms with E-state index in [0.29, 0.717) is 4.47 Å². The molecule has 0 bridgehead atoms. The Hall–Kier alpha value is -1.43. The van der Waals surface area contributed by atoms with E-state index in [9.17, 15) is 14.0 Å². The van der Waals surface area contributed by atoms with Crippen LogP contribution in [0.25, 0.3) is 0 Å². The Labute approximate surface area is 99.3 Å². The lowest BCUT2D eigenvalue weighted by atomic mass is 10.2. The lowest BCUT2D eigenvalue weighted by Gasteiger charge is -2.12. The zero-order valence-corrected chi connectivity index (χ0v) is 9.67. The molecule has 0 radical (unpaired) electrons. The molecule has 1 aromatic carbocycles. The van der Waals surface area contributed by atoms with Gasteiger partial charge in [0.25, 0.3) is 0 Å². The minimum absolute atomic E-state index is 0.0274. The first-order valence-corrected chi connectivity index (χ1v) is 5.41. The highest BCUT2D eigenvalue weighted by Gasteiger charge is 2.31. The largest absolute Gasteiger partial charge is 0.370 e. The molecule has 1 saturated heterocycles. The maximum absolute atomic E-state index is 13.4. The normalized spacial score (nSPS) is 19.8. The van der Waals surface area contributed by atoms with Crippen molar-refractivity contribution >= 4 is 33.4 Å². The van der Waals surface area contributed by atoms with Gasteiger partial charge in [0, 0.05) is 4.47 Å². The van der Waals surface area contributed by atoms with Crippen LogP contribution in [0.5, 0.6) is 0 Å². The molecule has 1 fully saturated rings. The number of nitrogens with one attached hydrogen (secondary N) is 2. The number of carbonyl (C=O) groups is 2. The van der Waals surface area contributed by atoms with Gasteiger partial charge >= 0.3 is 0 Å². The molecule has 0 spiro atoms. The van der Waals surface area contributed by atoms with Crippen LogP contribution in [0.3, 0.4) is 0 Å². The van der Waals surface area contributed by atoms with Crippen LogP contribution in [0.1, 0.15) is 6.42 Å². The second kappa shape index (κ2) is 4.21. The highest BCUT2D eigenvalue weighted by molar-refractivity contribution is 9.10. The predicted molar refractivity (Wildman–Crippen MR) is 59.3 cm³/mol. The van der Waals surface area contributed by atoms with Crippen LogP contribution in [-0.2, 0) is 9.59 Å².